The molecule has 0 N–H and O–H groups in total. The van der Waals surface area contributed by atoms with E-state index < -0.39 is 0 Å². The molecule has 2 aromatic carbocycles. The molecule has 0 aliphatic rings. The summed E-state index contributed by atoms with van der Waals surface area (Å²) in [5.74, 6) is 0. The fraction of sp³-hybridized carbons (Fsp3) is 0.333. The van der Waals surface area contributed by atoms with Crippen LogP contribution < -0.4 is 16.2 Å². The molecule has 0 bridgehead atoms. The van der Waals surface area contributed by atoms with Crippen LogP contribution in [0.15, 0.2) is 67.0 Å². The Morgan fingerprint density at radius 2 is 1.56 bits per heavy atom. The second-order valence-corrected chi connectivity index (χ2v) is 8.32. The molecule has 0 saturated heterocycles. The van der Waals surface area contributed by atoms with Crippen molar-refractivity contribution in [1.82, 2.24) is 0 Å². The van der Waals surface area contributed by atoms with Crippen LogP contribution in [0.3, 0.4) is 0 Å². The third-order valence-electron chi connectivity index (χ3n) is 5.91. The van der Waals surface area contributed by atoms with Gasteiger partial charge in [0.2, 0.25) is 0 Å². The first kappa shape index (κ1) is 21.9. The molecule has 0 aliphatic carbocycles. The van der Waals surface area contributed by atoms with Crippen molar-refractivity contribution in [2.75, 3.05) is 18.0 Å². The number of rotatable bonds is 8. The van der Waals surface area contributed by atoms with E-state index in [2.05, 4.69) is 24.8 Å². The van der Waals surface area contributed by atoms with Gasteiger partial charge in [0.1, 0.15) is 11.2 Å². The SMILES string of the molecule is CCCCN(CCCC)c1ccc2cc(-c3ccc4oc(=O)cc(C)c4c3)c(=O)oc2c1. The number of fused-ring (bicyclic) bond motifs is 2. The topological polar surface area (TPSA) is 63.7 Å². The quantitative estimate of drug-likeness (QED) is 0.307. The van der Waals surface area contributed by atoms with Crippen molar-refractivity contribution < 1.29 is 8.83 Å². The largest absolute Gasteiger partial charge is 0.423 e. The van der Waals surface area contributed by atoms with Crippen molar-refractivity contribution in [3.8, 4) is 11.1 Å². The predicted octanol–water partition coefficient (Wildman–Crippen LogP) is 6.28. The van der Waals surface area contributed by atoms with E-state index in [1.54, 1.807) is 12.1 Å². The lowest BCUT2D eigenvalue weighted by Gasteiger charge is -2.24. The predicted molar refractivity (Wildman–Crippen MR) is 131 cm³/mol. The van der Waals surface area contributed by atoms with Gasteiger partial charge in [-0.1, -0.05) is 32.8 Å². The lowest BCUT2D eigenvalue weighted by molar-refractivity contribution is 0.559. The van der Waals surface area contributed by atoms with E-state index in [0.29, 0.717) is 16.7 Å². The number of hydrogen-bond donors (Lipinski definition) is 0. The third-order valence-corrected chi connectivity index (χ3v) is 5.91. The zero-order chi connectivity index (χ0) is 22.7. The Kier molecular flexibility index (Phi) is 6.45. The minimum Gasteiger partial charge on any atom is -0.423 e. The van der Waals surface area contributed by atoms with Gasteiger partial charge in [-0.25, -0.2) is 9.59 Å². The zero-order valence-electron chi connectivity index (χ0n) is 18.9. The first-order valence-electron chi connectivity index (χ1n) is 11.4. The van der Waals surface area contributed by atoms with Crippen LogP contribution in [-0.2, 0) is 0 Å². The lowest BCUT2D eigenvalue weighted by atomic mass is 10.0. The fourth-order valence-corrected chi connectivity index (χ4v) is 4.05. The molecule has 0 fully saturated rings. The van der Waals surface area contributed by atoms with Crippen LogP contribution in [0.4, 0.5) is 5.69 Å². The molecule has 0 saturated carbocycles. The second kappa shape index (κ2) is 9.43. The van der Waals surface area contributed by atoms with E-state index in [4.69, 9.17) is 8.83 Å². The van der Waals surface area contributed by atoms with Gasteiger partial charge in [0.05, 0.1) is 5.56 Å². The first-order valence-corrected chi connectivity index (χ1v) is 11.4. The van der Waals surface area contributed by atoms with Gasteiger partial charge in [-0.15, -0.1) is 0 Å². The molecule has 4 aromatic rings. The molecule has 0 radical (unpaired) electrons. The summed E-state index contributed by atoms with van der Waals surface area (Å²) in [4.78, 5) is 26.9. The Morgan fingerprint density at radius 3 is 2.28 bits per heavy atom. The van der Waals surface area contributed by atoms with Gasteiger partial charge in [-0.2, -0.15) is 0 Å². The number of benzene rings is 2. The molecular weight excluding hydrogens is 402 g/mol. The Bertz CT molecular complexity index is 1360. The van der Waals surface area contributed by atoms with Gasteiger partial charge in [0, 0.05) is 41.7 Å². The fourth-order valence-electron chi connectivity index (χ4n) is 4.05. The third kappa shape index (κ3) is 4.47. The summed E-state index contributed by atoms with van der Waals surface area (Å²) in [6, 6.07) is 14.8. The second-order valence-electron chi connectivity index (χ2n) is 8.32. The molecule has 2 aromatic heterocycles. The van der Waals surface area contributed by atoms with Gasteiger partial charge in [-0.05, 0) is 61.2 Å². The van der Waals surface area contributed by atoms with Gasteiger partial charge < -0.3 is 13.7 Å². The molecule has 4 rings (SSSR count). The standard InChI is InChI=1S/C27H29NO4/c1-4-6-12-28(13-7-5-2)21-10-8-20-16-23(27(30)32-25(20)17-21)19-9-11-24-22(15-19)18(3)14-26(29)31-24/h8-11,14-17H,4-7,12-13H2,1-3H3. The molecule has 166 valence electrons. The molecule has 0 spiro atoms. The minimum absolute atomic E-state index is 0.377. The van der Waals surface area contributed by atoms with Gasteiger partial charge in [0.15, 0.2) is 0 Å². The smallest absolute Gasteiger partial charge is 0.344 e. The molecule has 0 unspecified atom stereocenters. The molecule has 0 aliphatic heterocycles. The van der Waals surface area contributed by atoms with Crippen LogP contribution in [0.2, 0.25) is 0 Å². The molecule has 0 atom stereocenters. The maximum atomic E-state index is 12.9. The van der Waals surface area contributed by atoms with E-state index in [9.17, 15) is 9.59 Å². The molecule has 5 nitrogen and oxygen atoms in total. The highest BCUT2D eigenvalue weighted by atomic mass is 16.4. The number of anilines is 1. The molecule has 32 heavy (non-hydrogen) atoms. The summed E-state index contributed by atoms with van der Waals surface area (Å²) in [5.41, 5.74) is 3.48. The highest BCUT2D eigenvalue weighted by Gasteiger charge is 2.13. The minimum atomic E-state index is -0.379. The van der Waals surface area contributed by atoms with E-state index in [-0.39, 0.29) is 11.3 Å². The van der Waals surface area contributed by atoms with Crippen LogP contribution in [0, 0.1) is 6.92 Å². The van der Waals surface area contributed by atoms with Crippen molar-refractivity contribution >= 4 is 27.6 Å². The average Bonchev–Trinajstić information content (AvgIpc) is 2.78. The van der Waals surface area contributed by atoms with Gasteiger partial charge in [0.25, 0.3) is 0 Å². The number of unbranched alkanes of at least 4 members (excludes halogenated alkanes) is 2. The summed E-state index contributed by atoms with van der Waals surface area (Å²) < 4.78 is 11.0. The van der Waals surface area contributed by atoms with Crippen molar-refractivity contribution in [3.05, 3.63) is 74.9 Å². The van der Waals surface area contributed by atoms with Crippen molar-refractivity contribution in [1.29, 1.82) is 0 Å². The van der Waals surface area contributed by atoms with Crippen LogP contribution in [0.5, 0.6) is 0 Å². The first-order chi connectivity index (χ1) is 15.5. The highest BCUT2D eigenvalue weighted by Crippen LogP contribution is 2.28. The van der Waals surface area contributed by atoms with Crippen molar-refractivity contribution in [2.45, 2.75) is 46.5 Å². The van der Waals surface area contributed by atoms with Crippen LogP contribution in [-0.4, -0.2) is 13.1 Å². The van der Waals surface area contributed by atoms with E-state index >= 15 is 0 Å². The summed E-state index contributed by atoms with van der Waals surface area (Å²) in [6.45, 7) is 8.24. The molecule has 0 amide bonds. The summed E-state index contributed by atoms with van der Waals surface area (Å²) in [5, 5.41) is 1.69. The van der Waals surface area contributed by atoms with Crippen molar-refractivity contribution in [2.24, 2.45) is 0 Å². The maximum Gasteiger partial charge on any atom is 0.344 e. The summed E-state index contributed by atoms with van der Waals surface area (Å²) in [6.07, 6.45) is 4.55. The van der Waals surface area contributed by atoms with Gasteiger partial charge >= 0.3 is 11.3 Å². The molecular formula is C27H29NO4. The number of aryl methyl sites for hydroxylation is 1. The highest BCUT2D eigenvalue weighted by molar-refractivity contribution is 5.88. The normalized spacial score (nSPS) is 11.3. The average molecular weight is 432 g/mol. The van der Waals surface area contributed by atoms with Crippen LogP contribution >= 0.6 is 0 Å². The van der Waals surface area contributed by atoms with E-state index in [1.807, 2.05) is 31.2 Å². The monoisotopic (exact) mass is 431 g/mol. The molecule has 2 heterocycles. The Morgan fingerprint density at radius 1 is 0.812 bits per heavy atom. The van der Waals surface area contributed by atoms with Gasteiger partial charge in [-0.3, -0.25) is 0 Å². The van der Waals surface area contributed by atoms with Crippen LogP contribution in [0.1, 0.15) is 45.1 Å². The van der Waals surface area contributed by atoms with E-state index in [0.717, 1.165) is 66.4 Å². The maximum absolute atomic E-state index is 12.9. The summed E-state index contributed by atoms with van der Waals surface area (Å²) in [7, 11) is 0. The Labute approximate surface area is 187 Å². The van der Waals surface area contributed by atoms with E-state index in [1.165, 1.54) is 6.07 Å². The van der Waals surface area contributed by atoms with Crippen LogP contribution in [0.25, 0.3) is 33.1 Å². The lowest BCUT2D eigenvalue weighted by Crippen LogP contribution is -2.25. The zero-order valence-corrected chi connectivity index (χ0v) is 18.9. The number of hydrogen-bond acceptors (Lipinski definition) is 5. The number of nitrogens with zero attached hydrogens (tertiary/aromatic N) is 1. The summed E-state index contributed by atoms with van der Waals surface area (Å²) >= 11 is 0. The Balaban J connectivity index is 1.74. The van der Waals surface area contributed by atoms with Crippen molar-refractivity contribution in [3.63, 3.8) is 0 Å². The Hall–Kier alpha value is -3.34. The molecule has 5 heteroatoms.